The number of rotatable bonds is 20. The van der Waals surface area contributed by atoms with Crippen molar-refractivity contribution in [1.29, 1.82) is 0 Å². The van der Waals surface area contributed by atoms with Gasteiger partial charge in [-0.05, 0) is 19.3 Å². The van der Waals surface area contributed by atoms with Crippen LogP contribution in [0, 0.1) is 0 Å². The molecule has 0 amide bonds. The van der Waals surface area contributed by atoms with Gasteiger partial charge in [-0.3, -0.25) is 0 Å². The Morgan fingerprint density at radius 1 is 0.630 bits per heavy atom. The van der Waals surface area contributed by atoms with Crippen LogP contribution in [0.4, 0.5) is 0 Å². The van der Waals surface area contributed by atoms with Crippen LogP contribution in [0.2, 0.25) is 0 Å². The van der Waals surface area contributed by atoms with Gasteiger partial charge >= 0.3 is 10.4 Å². The Kier molecular flexibility index (Phi) is 22.1. The highest BCUT2D eigenvalue weighted by atomic mass is 32.3. The summed E-state index contributed by atoms with van der Waals surface area (Å²) in [5, 5.41) is 0. The molecule has 3 N–H and O–H groups in total. The third-order valence-electron chi connectivity index (χ3n) is 4.89. The fourth-order valence-corrected chi connectivity index (χ4v) is 4.06. The van der Waals surface area contributed by atoms with Crippen LogP contribution in [-0.2, 0) is 18.8 Å². The third-order valence-corrected chi connectivity index (χ3v) is 5.85. The summed E-state index contributed by atoms with van der Waals surface area (Å²) in [6.07, 6.45) is 19.0. The van der Waals surface area contributed by atoms with Gasteiger partial charge in [-0.1, -0.05) is 104 Å². The zero-order chi connectivity index (χ0) is 19.5. The van der Waals surface area contributed by atoms with E-state index >= 15 is 0 Å². The molecule has 0 spiro atoms. The normalized spacial score (nSPS) is 11.7. The van der Waals surface area contributed by atoms with E-state index in [0.29, 0.717) is 12.8 Å². The lowest BCUT2D eigenvalue weighted by Crippen LogP contribution is -2.19. The first-order valence-electron chi connectivity index (χ1n) is 11.1. The second kappa shape index (κ2) is 20.6. The minimum absolute atomic E-state index is 0. The highest BCUT2D eigenvalue weighted by molar-refractivity contribution is 7.81. The molecule has 0 saturated carbocycles. The topological polar surface area (TPSA) is 87.6 Å². The molecule has 0 aromatic heterocycles. The summed E-state index contributed by atoms with van der Waals surface area (Å²) in [6.45, 7) is 6.33. The Balaban J connectivity index is 0. The summed E-state index contributed by atoms with van der Waals surface area (Å²) in [4.78, 5) is 0. The SMILES string of the molecule is CCCCCCCCCCCCCCCCOS(=O)(=O)OC(CC)CC.N. The van der Waals surface area contributed by atoms with Crippen molar-refractivity contribution in [3.8, 4) is 0 Å². The molecule has 0 aliphatic heterocycles. The molecule has 0 unspecified atom stereocenters. The minimum Gasteiger partial charge on any atom is -0.344 e. The van der Waals surface area contributed by atoms with Crippen LogP contribution >= 0.6 is 0 Å². The minimum atomic E-state index is -3.82. The zero-order valence-electron chi connectivity index (χ0n) is 18.3. The van der Waals surface area contributed by atoms with Crippen LogP contribution < -0.4 is 6.15 Å². The van der Waals surface area contributed by atoms with Gasteiger partial charge in [-0.2, -0.15) is 8.42 Å². The Bertz CT molecular complexity index is 384. The molecule has 0 fully saturated rings. The fourth-order valence-electron chi connectivity index (χ4n) is 3.08. The van der Waals surface area contributed by atoms with Crippen LogP contribution in [0.1, 0.15) is 124 Å². The monoisotopic (exact) mass is 409 g/mol. The van der Waals surface area contributed by atoms with Gasteiger partial charge in [-0.15, -0.1) is 0 Å². The van der Waals surface area contributed by atoms with Crippen LogP contribution in [0.25, 0.3) is 0 Å². The smallest absolute Gasteiger partial charge is 0.344 e. The van der Waals surface area contributed by atoms with Crippen molar-refractivity contribution >= 4 is 10.4 Å². The van der Waals surface area contributed by atoms with Crippen LogP contribution in [0.15, 0.2) is 0 Å². The van der Waals surface area contributed by atoms with Crippen LogP contribution in [-0.4, -0.2) is 21.1 Å². The predicted molar refractivity (Wildman–Crippen MR) is 116 cm³/mol. The molecular weight excluding hydrogens is 362 g/mol. The van der Waals surface area contributed by atoms with Gasteiger partial charge in [0.2, 0.25) is 0 Å². The number of hydrogen-bond acceptors (Lipinski definition) is 5. The van der Waals surface area contributed by atoms with E-state index in [2.05, 4.69) is 6.92 Å². The summed E-state index contributed by atoms with van der Waals surface area (Å²) >= 11 is 0. The van der Waals surface area contributed by atoms with Gasteiger partial charge < -0.3 is 6.15 Å². The maximum Gasteiger partial charge on any atom is 0.400 e. The summed E-state index contributed by atoms with van der Waals surface area (Å²) in [5.41, 5.74) is 0. The molecule has 6 heteroatoms. The molecule has 166 valence electrons. The van der Waals surface area contributed by atoms with Crippen molar-refractivity contribution in [3.63, 3.8) is 0 Å². The second-order valence-corrected chi connectivity index (χ2v) is 8.61. The molecule has 0 aliphatic carbocycles. The molecule has 0 radical (unpaired) electrons. The van der Waals surface area contributed by atoms with Gasteiger partial charge in [0.15, 0.2) is 0 Å². The highest BCUT2D eigenvalue weighted by Crippen LogP contribution is 2.14. The maximum atomic E-state index is 11.6. The highest BCUT2D eigenvalue weighted by Gasteiger charge is 2.17. The first kappa shape index (κ1) is 29.0. The molecule has 0 bridgehead atoms. The van der Waals surface area contributed by atoms with Crippen molar-refractivity contribution in [1.82, 2.24) is 6.15 Å². The van der Waals surface area contributed by atoms with Gasteiger partial charge in [-0.25, -0.2) is 8.37 Å². The third kappa shape index (κ3) is 20.4. The van der Waals surface area contributed by atoms with Gasteiger partial charge in [0.25, 0.3) is 0 Å². The van der Waals surface area contributed by atoms with Crippen LogP contribution in [0.5, 0.6) is 0 Å². The van der Waals surface area contributed by atoms with E-state index in [1.807, 2.05) is 13.8 Å². The molecule has 5 nitrogen and oxygen atoms in total. The molecule has 0 heterocycles. The lowest BCUT2D eigenvalue weighted by atomic mass is 10.0. The second-order valence-electron chi connectivity index (χ2n) is 7.36. The molecule has 0 atom stereocenters. The van der Waals surface area contributed by atoms with Gasteiger partial charge in [0.1, 0.15) is 0 Å². The zero-order valence-corrected chi connectivity index (χ0v) is 19.2. The van der Waals surface area contributed by atoms with E-state index in [0.717, 1.165) is 19.3 Å². The van der Waals surface area contributed by atoms with E-state index in [9.17, 15) is 8.42 Å². The maximum absolute atomic E-state index is 11.6. The lowest BCUT2D eigenvalue weighted by Gasteiger charge is -2.13. The number of unbranched alkanes of at least 4 members (excludes halogenated alkanes) is 13. The predicted octanol–water partition coefficient (Wildman–Crippen LogP) is 7.10. The van der Waals surface area contributed by atoms with E-state index in [1.54, 1.807) is 0 Å². The Morgan fingerprint density at radius 3 is 1.37 bits per heavy atom. The first-order valence-corrected chi connectivity index (χ1v) is 12.5. The molecular formula is C21H47NO4S. The van der Waals surface area contributed by atoms with E-state index < -0.39 is 10.4 Å². The van der Waals surface area contributed by atoms with Crippen molar-refractivity contribution in [2.45, 2.75) is 130 Å². The van der Waals surface area contributed by atoms with Crippen LogP contribution in [0.3, 0.4) is 0 Å². The standard InChI is InChI=1S/C21H44O4S.H3N/c1-4-7-8-9-10-11-12-13-14-15-16-17-18-19-20-24-26(22,23)25-21(5-2)6-3;/h21H,4-20H2,1-3H3;1H3. The van der Waals surface area contributed by atoms with Crippen molar-refractivity contribution < 1.29 is 16.8 Å². The number of hydrogen-bond donors (Lipinski definition) is 1. The van der Waals surface area contributed by atoms with Crippen molar-refractivity contribution in [2.75, 3.05) is 6.61 Å². The van der Waals surface area contributed by atoms with Crippen molar-refractivity contribution in [2.24, 2.45) is 0 Å². The molecule has 27 heavy (non-hydrogen) atoms. The Labute approximate surface area is 169 Å². The molecule has 0 aromatic rings. The van der Waals surface area contributed by atoms with E-state index in [4.69, 9.17) is 8.37 Å². The molecule has 0 aliphatic rings. The summed E-state index contributed by atoms with van der Waals surface area (Å²) < 4.78 is 33.2. The lowest BCUT2D eigenvalue weighted by molar-refractivity contribution is 0.148. The average molecular weight is 410 g/mol. The quantitative estimate of drug-likeness (QED) is 0.217. The summed E-state index contributed by atoms with van der Waals surface area (Å²) in [7, 11) is -3.82. The summed E-state index contributed by atoms with van der Waals surface area (Å²) in [6, 6.07) is 0. The van der Waals surface area contributed by atoms with Crippen molar-refractivity contribution in [3.05, 3.63) is 0 Å². The summed E-state index contributed by atoms with van der Waals surface area (Å²) in [5.74, 6) is 0. The molecule has 0 saturated heterocycles. The molecule has 0 aromatic carbocycles. The first-order chi connectivity index (χ1) is 12.6. The molecule has 0 rings (SSSR count). The average Bonchev–Trinajstić information content (AvgIpc) is 2.63. The van der Waals surface area contributed by atoms with E-state index in [1.165, 1.54) is 70.6 Å². The van der Waals surface area contributed by atoms with Gasteiger partial charge in [0, 0.05) is 0 Å². The van der Waals surface area contributed by atoms with E-state index in [-0.39, 0.29) is 18.9 Å². The fraction of sp³-hybridized carbons (Fsp3) is 1.00. The van der Waals surface area contributed by atoms with Gasteiger partial charge in [0.05, 0.1) is 12.7 Å². The Morgan fingerprint density at radius 2 is 1.00 bits per heavy atom. The Hall–Kier alpha value is -0.170. The largest absolute Gasteiger partial charge is 0.400 e.